The molecule has 1 atom stereocenters. The van der Waals surface area contributed by atoms with Crippen LogP contribution in [-0.4, -0.2) is 31.2 Å². The van der Waals surface area contributed by atoms with Crippen LogP contribution in [0.1, 0.15) is 23.2 Å². The van der Waals surface area contributed by atoms with Crippen LogP contribution in [0.4, 0.5) is 4.39 Å². The Bertz CT molecular complexity index is 1030. The van der Waals surface area contributed by atoms with Gasteiger partial charge in [0.1, 0.15) is 5.82 Å². The third kappa shape index (κ3) is 3.54. The van der Waals surface area contributed by atoms with E-state index in [1.807, 2.05) is 12.1 Å². The first-order valence-corrected chi connectivity index (χ1v) is 9.36. The molecule has 4 rings (SSSR count). The Morgan fingerprint density at radius 2 is 2.00 bits per heavy atom. The van der Waals surface area contributed by atoms with E-state index in [0.29, 0.717) is 17.9 Å². The molecule has 1 heterocycles. The average molecular weight is 382 g/mol. The number of fused-ring (bicyclic) bond motifs is 3. The van der Waals surface area contributed by atoms with Crippen molar-refractivity contribution >= 4 is 16.8 Å². The van der Waals surface area contributed by atoms with Crippen LogP contribution in [0.25, 0.3) is 10.9 Å². The minimum Gasteiger partial charge on any atom is -0.493 e. The number of hydrogen-bond donors (Lipinski definition) is 2. The van der Waals surface area contributed by atoms with Crippen molar-refractivity contribution in [2.45, 2.75) is 31.7 Å². The second-order valence-electron chi connectivity index (χ2n) is 7.15. The largest absolute Gasteiger partial charge is 0.493 e. The zero-order valence-corrected chi connectivity index (χ0v) is 16.0. The summed E-state index contributed by atoms with van der Waals surface area (Å²) in [7, 11) is 3.16. The van der Waals surface area contributed by atoms with E-state index >= 15 is 0 Å². The fourth-order valence-electron chi connectivity index (χ4n) is 3.97. The number of amides is 1. The summed E-state index contributed by atoms with van der Waals surface area (Å²) in [5.74, 6) is 0.967. The maximum absolute atomic E-state index is 13.6. The molecule has 2 aromatic carbocycles. The maximum Gasteiger partial charge on any atom is 0.224 e. The first kappa shape index (κ1) is 18.3. The fourth-order valence-corrected chi connectivity index (χ4v) is 3.97. The zero-order valence-electron chi connectivity index (χ0n) is 16.0. The van der Waals surface area contributed by atoms with Gasteiger partial charge in [-0.1, -0.05) is 6.07 Å². The molecule has 0 saturated carbocycles. The summed E-state index contributed by atoms with van der Waals surface area (Å²) in [5, 5.41) is 4.04. The molecule has 1 aliphatic carbocycles. The molecule has 6 heteroatoms. The van der Waals surface area contributed by atoms with Gasteiger partial charge < -0.3 is 19.8 Å². The van der Waals surface area contributed by atoms with E-state index in [0.717, 1.165) is 40.6 Å². The number of aromatic amines is 1. The third-order valence-corrected chi connectivity index (χ3v) is 5.33. The van der Waals surface area contributed by atoms with Crippen LogP contribution in [-0.2, 0) is 24.1 Å². The van der Waals surface area contributed by atoms with Crippen molar-refractivity contribution in [3.05, 3.63) is 59.0 Å². The number of benzene rings is 2. The van der Waals surface area contributed by atoms with Gasteiger partial charge in [-0.3, -0.25) is 4.79 Å². The first-order chi connectivity index (χ1) is 13.6. The van der Waals surface area contributed by atoms with Crippen molar-refractivity contribution in [1.82, 2.24) is 10.3 Å². The van der Waals surface area contributed by atoms with Crippen LogP contribution in [0.5, 0.6) is 11.5 Å². The van der Waals surface area contributed by atoms with Crippen LogP contribution >= 0.6 is 0 Å². The summed E-state index contributed by atoms with van der Waals surface area (Å²) in [6.07, 6.45) is 2.68. The lowest BCUT2D eigenvalue weighted by Crippen LogP contribution is -2.39. The minimum absolute atomic E-state index is 0.0355. The molecule has 3 aromatic rings. The number of H-pyrrole nitrogens is 1. The molecule has 0 saturated heterocycles. The Kier molecular flexibility index (Phi) is 4.94. The Morgan fingerprint density at radius 3 is 2.79 bits per heavy atom. The molecule has 146 valence electrons. The van der Waals surface area contributed by atoms with Crippen molar-refractivity contribution in [2.24, 2.45) is 0 Å². The number of methoxy groups -OCH3 is 2. The molecule has 0 radical (unpaired) electrons. The van der Waals surface area contributed by atoms with E-state index in [9.17, 15) is 9.18 Å². The van der Waals surface area contributed by atoms with Crippen molar-refractivity contribution in [3.63, 3.8) is 0 Å². The maximum atomic E-state index is 13.6. The monoisotopic (exact) mass is 382 g/mol. The van der Waals surface area contributed by atoms with E-state index in [4.69, 9.17) is 9.47 Å². The zero-order chi connectivity index (χ0) is 19.7. The number of carbonyl (C=O) groups is 1. The molecule has 1 aliphatic rings. The lowest BCUT2D eigenvalue weighted by molar-refractivity contribution is -0.121. The highest BCUT2D eigenvalue weighted by Gasteiger charge is 2.24. The molecule has 0 bridgehead atoms. The van der Waals surface area contributed by atoms with Gasteiger partial charge in [-0.2, -0.15) is 0 Å². The number of carbonyl (C=O) groups excluding carboxylic acids is 1. The molecular weight excluding hydrogens is 359 g/mol. The molecule has 0 aliphatic heterocycles. The average Bonchev–Trinajstić information content (AvgIpc) is 3.05. The number of nitrogens with one attached hydrogen (secondary N) is 2. The van der Waals surface area contributed by atoms with E-state index < -0.39 is 0 Å². The summed E-state index contributed by atoms with van der Waals surface area (Å²) in [5.41, 5.74) is 4.06. The van der Waals surface area contributed by atoms with E-state index in [1.54, 1.807) is 32.4 Å². The molecule has 5 nitrogen and oxygen atoms in total. The standard InChI is InChI=1S/C22H23FN2O3/c1-27-20-8-3-13(9-21(20)28-2)10-22(26)24-15-5-7-19-17(12-15)16-11-14(23)4-6-18(16)25-19/h3-4,6,8-9,11,15,25H,5,7,10,12H2,1-2H3,(H,24,26). The minimum atomic E-state index is -0.242. The Morgan fingerprint density at radius 1 is 1.18 bits per heavy atom. The van der Waals surface area contributed by atoms with Gasteiger partial charge in [0.25, 0.3) is 0 Å². The quantitative estimate of drug-likeness (QED) is 0.710. The molecule has 28 heavy (non-hydrogen) atoms. The van der Waals surface area contributed by atoms with E-state index in [-0.39, 0.29) is 24.2 Å². The Balaban J connectivity index is 1.45. The molecule has 2 N–H and O–H groups in total. The molecule has 1 unspecified atom stereocenters. The second kappa shape index (κ2) is 7.54. The lowest BCUT2D eigenvalue weighted by Gasteiger charge is -2.23. The van der Waals surface area contributed by atoms with Gasteiger partial charge in [0.15, 0.2) is 11.5 Å². The molecule has 1 aromatic heterocycles. The normalized spacial score (nSPS) is 15.9. The molecular formula is C22H23FN2O3. The van der Waals surface area contributed by atoms with Gasteiger partial charge in [0, 0.05) is 22.6 Å². The smallest absolute Gasteiger partial charge is 0.224 e. The summed E-state index contributed by atoms with van der Waals surface area (Å²) in [6, 6.07) is 10.3. The van der Waals surface area contributed by atoms with E-state index in [1.165, 1.54) is 6.07 Å². The summed E-state index contributed by atoms with van der Waals surface area (Å²) in [6.45, 7) is 0. The SMILES string of the molecule is COc1ccc(CC(=O)NC2CCc3[nH]c4ccc(F)cc4c3C2)cc1OC. The summed E-state index contributed by atoms with van der Waals surface area (Å²) < 4.78 is 24.2. The van der Waals surface area contributed by atoms with Gasteiger partial charge in [-0.25, -0.2) is 4.39 Å². The van der Waals surface area contributed by atoms with Crippen LogP contribution in [0.2, 0.25) is 0 Å². The third-order valence-electron chi connectivity index (χ3n) is 5.33. The predicted octanol–water partition coefficient (Wildman–Crippen LogP) is 3.54. The van der Waals surface area contributed by atoms with Gasteiger partial charge in [-0.05, 0) is 60.7 Å². The number of halogens is 1. The summed E-state index contributed by atoms with van der Waals surface area (Å²) >= 11 is 0. The molecule has 1 amide bonds. The number of rotatable bonds is 5. The van der Waals surface area contributed by atoms with Gasteiger partial charge in [0.2, 0.25) is 5.91 Å². The van der Waals surface area contributed by atoms with Gasteiger partial charge >= 0.3 is 0 Å². The van der Waals surface area contributed by atoms with Gasteiger partial charge in [-0.15, -0.1) is 0 Å². The van der Waals surface area contributed by atoms with Crippen molar-refractivity contribution in [2.75, 3.05) is 14.2 Å². The highest BCUT2D eigenvalue weighted by molar-refractivity contribution is 5.85. The van der Waals surface area contributed by atoms with Gasteiger partial charge in [0.05, 0.1) is 20.6 Å². The second-order valence-corrected chi connectivity index (χ2v) is 7.15. The van der Waals surface area contributed by atoms with Crippen molar-refractivity contribution in [1.29, 1.82) is 0 Å². The fraction of sp³-hybridized carbons (Fsp3) is 0.318. The molecule has 0 fully saturated rings. The highest BCUT2D eigenvalue weighted by Crippen LogP contribution is 2.30. The van der Waals surface area contributed by atoms with Crippen LogP contribution < -0.4 is 14.8 Å². The Labute approximate surface area is 162 Å². The Hall–Kier alpha value is -3.02. The van der Waals surface area contributed by atoms with Crippen LogP contribution in [0.3, 0.4) is 0 Å². The number of hydrogen-bond acceptors (Lipinski definition) is 3. The van der Waals surface area contributed by atoms with Crippen LogP contribution in [0, 0.1) is 5.82 Å². The van der Waals surface area contributed by atoms with E-state index in [2.05, 4.69) is 10.3 Å². The predicted molar refractivity (Wildman–Crippen MR) is 105 cm³/mol. The number of aromatic nitrogens is 1. The highest BCUT2D eigenvalue weighted by atomic mass is 19.1. The first-order valence-electron chi connectivity index (χ1n) is 9.36. The lowest BCUT2D eigenvalue weighted by atomic mass is 9.91. The van der Waals surface area contributed by atoms with Crippen molar-refractivity contribution < 1.29 is 18.7 Å². The van der Waals surface area contributed by atoms with Crippen molar-refractivity contribution in [3.8, 4) is 11.5 Å². The van der Waals surface area contributed by atoms with Crippen LogP contribution in [0.15, 0.2) is 36.4 Å². The summed E-state index contributed by atoms with van der Waals surface area (Å²) in [4.78, 5) is 15.9. The molecule has 0 spiro atoms. The number of ether oxygens (including phenoxy) is 2. The topological polar surface area (TPSA) is 63.3 Å². The number of aryl methyl sites for hydroxylation is 1.